The number of carbonyl (C=O) groups excluding carboxylic acids is 1. The summed E-state index contributed by atoms with van der Waals surface area (Å²) in [4.78, 5) is 19.6. The Labute approximate surface area is 204 Å². The van der Waals surface area contributed by atoms with Crippen LogP contribution in [0.4, 0.5) is 5.69 Å². The van der Waals surface area contributed by atoms with Crippen LogP contribution in [0, 0.1) is 0 Å². The van der Waals surface area contributed by atoms with Crippen LogP contribution in [-0.4, -0.2) is 53.6 Å². The first-order valence-corrected chi connectivity index (χ1v) is 14.0. The molecule has 2 aliphatic heterocycles. The van der Waals surface area contributed by atoms with E-state index in [0.717, 1.165) is 46.9 Å². The number of aromatic nitrogens is 2. The van der Waals surface area contributed by atoms with Crippen molar-refractivity contribution in [3.8, 4) is 11.3 Å². The van der Waals surface area contributed by atoms with E-state index < -0.39 is 10.0 Å². The molecule has 9 heteroatoms. The number of sulfonamides is 1. The SMILES string of the molecule is Cn1c(-c2ccccc2)cnc1SCC(=O)N1CCc2cc(S(=O)(=O)N3CCCCC3)ccc21. The van der Waals surface area contributed by atoms with Crippen LogP contribution in [0.2, 0.25) is 0 Å². The molecule has 2 aromatic carbocycles. The molecule has 1 fully saturated rings. The zero-order valence-electron chi connectivity index (χ0n) is 19.2. The molecule has 1 saturated heterocycles. The average molecular weight is 497 g/mol. The van der Waals surface area contributed by atoms with Crippen molar-refractivity contribution in [3.63, 3.8) is 0 Å². The first-order chi connectivity index (χ1) is 16.4. The van der Waals surface area contributed by atoms with Gasteiger partial charge in [0.2, 0.25) is 15.9 Å². The van der Waals surface area contributed by atoms with Crippen molar-refractivity contribution in [2.75, 3.05) is 30.3 Å². The number of benzene rings is 2. The molecule has 0 atom stereocenters. The number of rotatable bonds is 6. The maximum Gasteiger partial charge on any atom is 0.243 e. The van der Waals surface area contributed by atoms with Gasteiger partial charge in [-0.1, -0.05) is 48.5 Å². The van der Waals surface area contributed by atoms with E-state index >= 15 is 0 Å². The summed E-state index contributed by atoms with van der Waals surface area (Å²) in [7, 11) is -1.52. The molecule has 0 bridgehead atoms. The Morgan fingerprint density at radius 3 is 2.56 bits per heavy atom. The maximum atomic E-state index is 13.0. The van der Waals surface area contributed by atoms with Crippen molar-refractivity contribution in [2.45, 2.75) is 35.7 Å². The van der Waals surface area contributed by atoms with Crippen LogP contribution in [0.25, 0.3) is 11.3 Å². The molecule has 178 valence electrons. The molecule has 0 unspecified atom stereocenters. The molecule has 0 saturated carbocycles. The van der Waals surface area contributed by atoms with Gasteiger partial charge in [-0.25, -0.2) is 13.4 Å². The Hall–Kier alpha value is -2.62. The number of amides is 1. The summed E-state index contributed by atoms with van der Waals surface area (Å²) in [5.41, 5.74) is 3.82. The molecule has 7 nitrogen and oxygen atoms in total. The van der Waals surface area contributed by atoms with Crippen molar-refractivity contribution < 1.29 is 13.2 Å². The van der Waals surface area contributed by atoms with Crippen molar-refractivity contribution in [3.05, 3.63) is 60.3 Å². The molecule has 3 aromatic rings. The number of fused-ring (bicyclic) bond motifs is 1. The Balaban J connectivity index is 1.27. The van der Waals surface area contributed by atoms with Crippen LogP contribution in [0.15, 0.2) is 64.8 Å². The number of hydrogen-bond acceptors (Lipinski definition) is 5. The van der Waals surface area contributed by atoms with Gasteiger partial charge in [0.05, 0.1) is 22.5 Å². The van der Waals surface area contributed by atoms with Gasteiger partial charge in [-0.05, 0) is 48.6 Å². The van der Waals surface area contributed by atoms with Crippen LogP contribution < -0.4 is 4.90 Å². The fraction of sp³-hybridized carbons (Fsp3) is 0.360. The number of nitrogens with zero attached hydrogens (tertiary/aromatic N) is 4. The highest BCUT2D eigenvalue weighted by molar-refractivity contribution is 7.99. The van der Waals surface area contributed by atoms with E-state index in [-0.39, 0.29) is 11.7 Å². The fourth-order valence-electron chi connectivity index (χ4n) is 4.66. The topological polar surface area (TPSA) is 75.5 Å². The lowest BCUT2D eigenvalue weighted by Crippen LogP contribution is -2.35. The lowest BCUT2D eigenvalue weighted by Gasteiger charge is -2.26. The van der Waals surface area contributed by atoms with Crippen molar-refractivity contribution in [2.24, 2.45) is 7.05 Å². The van der Waals surface area contributed by atoms with Gasteiger partial charge in [0, 0.05) is 32.4 Å². The van der Waals surface area contributed by atoms with Gasteiger partial charge in [-0.3, -0.25) is 4.79 Å². The first-order valence-electron chi connectivity index (χ1n) is 11.6. The van der Waals surface area contributed by atoms with Gasteiger partial charge in [0.25, 0.3) is 0 Å². The number of hydrogen-bond donors (Lipinski definition) is 0. The number of piperidine rings is 1. The third-order valence-corrected chi connectivity index (χ3v) is 9.46. The Bertz CT molecular complexity index is 1300. The van der Waals surface area contributed by atoms with Gasteiger partial charge in [-0.2, -0.15) is 4.31 Å². The highest BCUT2D eigenvalue weighted by Gasteiger charge is 2.30. The molecule has 34 heavy (non-hydrogen) atoms. The monoisotopic (exact) mass is 496 g/mol. The molecular weight excluding hydrogens is 468 g/mol. The van der Waals surface area contributed by atoms with Gasteiger partial charge in [0.1, 0.15) is 0 Å². The molecule has 5 rings (SSSR count). The molecule has 1 aromatic heterocycles. The van der Waals surface area contributed by atoms with E-state index in [1.807, 2.05) is 48.1 Å². The summed E-state index contributed by atoms with van der Waals surface area (Å²) in [6, 6.07) is 15.2. The lowest BCUT2D eigenvalue weighted by molar-refractivity contribution is -0.116. The third-order valence-electron chi connectivity index (χ3n) is 6.54. The molecule has 2 aliphatic rings. The minimum Gasteiger partial charge on any atom is -0.322 e. The first kappa shape index (κ1) is 23.1. The van der Waals surface area contributed by atoms with E-state index in [1.54, 1.807) is 27.4 Å². The standard InChI is InChI=1S/C25H28N4O3S2/c1-27-23(19-8-4-2-5-9-19)17-26-25(27)33-18-24(30)29-15-12-20-16-21(10-11-22(20)29)34(31,32)28-13-6-3-7-14-28/h2,4-5,8-11,16-17H,3,6-7,12-15,18H2,1H3. The number of carbonyl (C=O) groups is 1. The van der Waals surface area contributed by atoms with Crippen LogP contribution in [0.1, 0.15) is 24.8 Å². The van der Waals surface area contributed by atoms with Crippen LogP contribution in [0.5, 0.6) is 0 Å². The summed E-state index contributed by atoms with van der Waals surface area (Å²) < 4.78 is 29.7. The van der Waals surface area contributed by atoms with Gasteiger partial charge in [-0.15, -0.1) is 0 Å². The largest absolute Gasteiger partial charge is 0.322 e. The summed E-state index contributed by atoms with van der Waals surface area (Å²) in [5.74, 6) is 0.270. The molecule has 1 amide bonds. The third kappa shape index (κ3) is 4.39. The van der Waals surface area contributed by atoms with Crippen molar-refractivity contribution in [1.82, 2.24) is 13.9 Å². The predicted molar refractivity (Wildman–Crippen MR) is 134 cm³/mol. The van der Waals surface area contributed by atoms with E-state index in [2.05, 4.69) is 4.98 Å². The molecule has 3 heterocycles. The van der Waals surface area contributed by atoms with E-state index in [1.165, 1.54) is 11.8 Å². The fourth-order valence-corrected chi connectivity index (χ4v) is 7.06. The minimum absolute atomic E-state index is 0.000325. The highest BCUT2D eigenvalue weighted by Crippen LogP contribution is 2.33. The number of imidazole rings is 1. The zero-order valence-corrected chi connectivity index (χ0v) is 20.8. The second-order valence-electron chi connectivity index (χ2n) is 8.69. The lowest BCUT2D eigenvalue weighted by atomic mass is 10.2. The maximum absolute atomic E-state index is 13.0. The van der Waals surface area contributed by atoms with Crippen LogP contribution >= 0.6 is 11.8 Å². The van der Waals surface area contributed by atoms with E-state index in [9.17, 15) is 13.2 Å². The molecule has 0 aliphatic carbocycles. The Morgan fingerprint density at radius 2 is 1.79 bits per heavy atom. The molecule has 0 spiro atoms. The predicted octanol–water partition coefficient (Wildman–Crippen LogP) is 3.94. The second-order valence-corrected chi connectivity index (χ2v) is 11.6. The zero-order chi connectivity index (χ0) is 23.7. The highest BCUT2D eigenvalue weighted by atomic mass is 32.2. The van der Waals surface area contributed by atoms with Gasteiger partial charge in [0.15, 0.2) is 5.16 Å². The second kappa shape index (κ2) is 9.56. The van der Waals surface area contributed by atoms with Crippen LogP contribution in [-0.2, 0) is 28.3 Å². The summed E-state index contributed by atoms with van der Waals surface area (Å²) in [5, 5.41) is 0.787. The summed E-state index contributed by atoms with van der Waals surface area (Å²) >= 11 is 1.42. The Morgan fingerprint density at radius 1 is 1.03 bits per heavy atom. The molecular formula is C25H28N4O3S2. The smallest absolute Gasteiger partial charge is 0.243 e. The minimum atomic E-state index is -3.48. The van der Waals surface area contributed by atoms with Crippen LogP contribution in [0.3, 0.4) is 0 Å². The summed E-state index contributed by atoms with van der Waals surface area (Å²) in [6.07, 6.45) is 5.39. The quantitative estimate of drug-likeness (QED) is 0.483. The van der Waals surface area contributed by atoms with Gasteiger partial charge >= 0.3 is 0 Å². The van der Waals surface area contributed by atoms with E-state index in [0.29, 0.717) is 31.0 Å². The number of anilines is 1. The summed E-state index contributed by atoms with van der Waals surface area (Å²) in [6.45, 7) is 1.73. The molecule has 0 N–H and O–H groups in total. The van der Waals surface area contributed by atoms with Crippen molar-refractivity contribution in [1.29, 1.82) is 0 Å². The Kier molecular flexibility index (Phi) is 6.50. The van der Waals surface area contributed by atoms with E-state index in [4.69, 9.17) is 0 Å². The average Bonchev–Trinajstić information content (AvgIpc) is 3.46. The van der Waals surface area contributed by atoms with Crippen molar-refractivity contribution >= 4 is 33.4 Å². The number of thioether (sulfide) groups is 1. The van der Waals surface area contributed by atoms with Gasteiger partial charge < -0.3 is 9.47 Å². The normalized spacial score (nSPS) is 16.6. The molecule has 0 radical (unpaired) electrons.